The molecular formula is C21H19N5O. The Kier molecular flexibility index (Phi) is 4.38. The molecule has 6 heteroatoms. The number of amides is 1. The van der Waals surface area contributed by atoms with Crippen molar-refractivity contribution in [1.82, 2.24) is 19.3 Å². The van der Waals surface area contributed by atoms with Gasteiger partial charge >= 0.3 is 0 Å². The molecule has 0 aliphatic heterocycles. The molecule has 0 N–H and O–H groups in total. The quantitative estimate of drug-likeness (QED) is 0.566. The topological polar surface area (TPSA) is 65.1 Å². The molecule has 1 aromatic carbocycles. The zero-order valence-electron chi connectivity index (χ0n) is 15.2. The molecule has 0 fully saturated rings. The summed E-state index contributed by atoms with van der Waals surface area (Å²) in [4.78, 5) is 21.4. The van der Waals surface area contributed by atoms with Gasteiger partial charge in [0.2, 0.25) is 0 Å². The Morgan fingerprint density at radius 1 is 1.11 bits per heavy atom. The second kappa shape index (κ2) is 6.99. The summed E-state index contributed by atoms with van der Waals surface area (Å²) in [6.45, 7) is 2.55. The van der Waals surface area contributed by atoms with E-state index >= 15 is 0 Å². The van der Waals surface area contributed by atoms with E-state index in [4.69, 9.17) is 0 Å². The first-order valence-corrected chi connectivity index (χ1v) is 8.69. The predicted octanol–water partition coefficient (Wildman–Crippen LogP) is 2.87. The lowest BCUT2D eigenvalue weighted by atomic mass is 10.2. The van der Waals surface area contributed by atoms with Gasteiger partial charge in [0.1, 0.15) is 5.49 Å². The standard InChI is InChI=1S/C21H19N5O/c1-15-18-12-17(13-22-20(18)25(2)24-15)21(27)23-19-10-6-7-11-26(19)14-16-8-4-3-5-9-16/h3-13H,14H2,1-2H3. The number of pyridine rings is 2. The fourth-order valence-electron chi connectivity index (χ4n) is 3.08. The normalized spacial score (nSPS) is 11.9. The van der Waals surface area contributed by atoms with Crippen molar-refractivity contribution in [2.75, 3.05) is 0 Å². The number of benzene rings is 1. The van der Waals surface area contributed by atoms with Crippen LogP contribution in [0, 0.1) is 6.92 Å². The van der Waals surface area contributed by atoms with Crippen molar-refractivity contribution in [2.45, 2.75) is 13.5 Å². The SMILES string of the molecule is Cc1nn(C)c2ncc(C(=O)N=c3ccccn3Cc3ccccc3)cc12. The van der Waals surface area contributed by atoms with Crippen molar-refractivity contribution >= 4 is 16.9 Å². The summed E-state index contributed by atoms with van der Waals surface area (Å²) in [6, 6.07) is 17.5. The molecule has 0 aliphatic carbocycles. The van der Waals surface area contributed by atoms with E-state index in [1.165, 1.54) is 0 Å². The molecule has 134 valence electrons. The van der Waals surface area contributed by atoms with Crippen LogP contribution in [0.15, 0.2) is 72.0 Å². The minimum atomic E-state index is -0.319. The number of aromatic nitrogens is 4. The Morgan fingerprint density at radius 2 is 1.89 bits per heavy atom. The molecule has 3 heterocycles. The predicted molar refractivity (Wildman–Crippen MR) is 103 cm³/mol. The molecular weight excluding hydrogens is 338 g/mol. The number of rotatable bonds is 3. The fraction of sp³-hybridized carbons (Fsp3) is 0.143. The third kappa shape index (κ3) is 3.42. The van der Waals surface area contributed by atoms with Gasteiger partial charge in [-0.25, -0.2) is 4.98 Å². The van der Waals surface area contributed by atoms with Gasteiger partial charge in [-0.1, -0.05) is 36.4 Å². The molecule has 0 atom stereocenters. The van der Waals surface area contributed by atoms with E-state index in [9.17, 15) is 4.79 Å². The van der Waals surface area contributed by atoms with E-state index in [0.29, 0.717) is 17.6 Å². The first-order valence-electron chi connectivity index (χ1n) is 8.69. The molecule has 4 rings (SSSR count). The van der Waals surface area contributed by atoms with Crippen LogP contribution in [0.4, 0.5) is 0 Å². The number of nitrogens with zero attached hydrogens (tertiary/aromatic N) is 5. The molecule has 0 unspecified atom stereocenters. The molecule has 0 radical (unpaired) electrons. The molecule has 3 aromatic heterocycles. The van der Waals surface area contributed by atoms with Gasteiger partial charge in [0.15, 0.2) is 5.65 Å². The molecule has 0 saturated carbocycles. The highest BCUT2D eigenvalue weighted by Crippen LogP contribution is 2.16. The Hall–Kier alpha value is -3.54. The summed E-state index contributed by atoms with van der Waals surface area (Å²) in [5.41, 5.74) is 3.80. The average molecular weight is 357 g/mol. The summed E-state index contributed by atoms with van der Waals surface area (Å²) in [5.74, 6) is -0.319. The first-order chi connectivity index (χ1) is 13.1. The van der Waals surface area contributed by atoms with E-state index < -0.39 is 0 Å². The zero-order valence-corrected chi connectivity index (χ0v) is 15.2. The Bertz CT molecular complexity index is 1190. The van der Waals surface area contributed by atoms with Crippen molar-refractivity contribution in [3.8, 4) is 0 Å². The molecule has 4 aromatic rings. The summed E-state index contributed by atoms with van der Waals surface area (Å²) < 4.78 is 3.66. The van der Waals surface area contributed by atoms with Gasteiger partial charge in [-0.2, -0.15) is 10.1 Å². The molecule has 0 bridgehead atoms. The average Bonchev–Trinajstić information content (AvgIpc) is 2.97. The third-order valence-corrected chi connectivity index (χ3v) is 4.44. The molecule has 0 saturated heterocycles. The summed E-state index contributed by atoms with van der Waals surface area (Å²) in [7, 11) is 1.84. The smallest absolute Gasteiger partial charge is 0.280 e. The van der Waals surface area contributed by atoms with Crippen LogP contribution in [0.3, 0.4) is 0 Å². The largest absolute Gasteiger partial charge is 0.328 e. The van der Waals surface area contributed by atoms with E-state index in [1.54, 1.807) is 16.9 Å². The second-order valence-corrected chi connectivity index (χ2v) is 6.39. The van der Waals surface area contributed by atoms with Crippen LogP contribution in [-0.2, 0) is 13.6 Å². The summed E-state index contributed by atoms with van der Waals surface area (Å²) in [5, 5.41) is 5.21. The first kappa shape index (κ1) is 16.9. The number of hydrogen-bond donors (Lipinski definition) is 0. The van der Waals surface area contributed by atoms with Crippen LogP contribution in [0.2, 0.25) is 0 Å². The van der Waals surface area contributed by atoms with Crippen molar-refractivity contribution in [2.24, 2.45) is 12.0 Å². The summed E-state index contributed by atoms with van der Waals surface area (Å²) >= 11 is 0. The van der Waals surface area contributed by atoms with Crippen LogP contribution in [-0.4, -0.2) is 25.2 Å². The minimum absolute atomic E-state index is 0.319. The van der Waals surface area contributed by atoms with E-state index in [0.717, 1.165) is 22.3 Å². The van der Waals surface area contributed by atoms with Crippen LogP contribution >= 0.6 is 0 Å². The van der Waals surface area contributed by atoms with Crippen LogP contribution in [0.1, 0.15) is 21.6 Å². The fourth-order valence-corrected chi connectivity index (χ4v) is 3.08. The van der Waals surface area contributed by atoms with Gasteiger partial charge < -0.3 is 4.57 Å². The van der Waals surface area contributed by atoms with Crippen LogP contribution in [0.5, 0.6) is 0 Å². The highest BCUT2D eigenvalue weighted by Gasteiger charge is 2.11. The van der Waals surface area contributed by atoms with Crippen molar-refractivity contribution in [3.05, 3.63) is 89.3 Å². The van der Waals surface area contributed by atoms with E-state index in [-0.39, 0.29) is 5.91 Å². The second-order valence-electron chi connectivity index (χ2n) is 6.39. The van der Waals surface area contributed by atoms with Gasteiger partial charge in [0.25, 0.3) is 5.91 Å². The van der Waals surface area contributed by atoms with Crippen LogP contribution < -0.4 is 5.49 Å². The van der Waals surface area contributed by atoms with Crippen molar-refractivity contribution < 1.29 is 4.79 Å². The van der Waals surface area contributed by atoms with Crippen LogP contribution in [0.25, 0.3) is 11.0 Å². The number of fused-ring (bicyclic) bond motifs is 1. The number of carbonyl (C=O) groups is 1. The molecule has 0 aliphatic rings. The maximum Gasteiger partial charge on any atom is 0.280 e. The van der Waals surface area contributed by atoms with Crippen molar-refractivity contribution in [1.29, 1.82) is 0 Å². The number of carbonyl (C=O) groups excluding carboxylic acids is 1. The summed E-state index contributed by atoms with van der Waals surface area (Å²) in [6.07, 6.45) is 3.48. The Morgan fingerprint density at radius 3 is 2.70 bits per heavy atom. The van der Waals surface area contributed by atoms with Gasteiger partial charge in [0, 0.05) is 31.4 Å². The third-order valence-electron chi connectivity index (χ3n) is 4.44. The molecule has 27 heavy (non-hydrogen) atoms. The minimum Gasteiger partial charge on any atom is -0.328 e. The maximum atomic E-state index is 12.7. The van der Waals surface area contributed by atoms with E-state index in [2.05, 4.69) is 27.2 Å². The van der Waals surface area contributed by atoms with E-state index in [1.807, 2.05) is 61.1 Å². The molecule has 1 amide bonds. The monoisotopic (exact) mass is 357 g/mol. The highest BCUT2D eigenvalue weighted by molar-refractivity contribution is 5.97. The van der Waals surface area contributed by atoms with Crippen molar-refractivity contribution in [3.63, 3.8) is 0 Å². The highest BCUT2D eigenvalue weighted by atomic mass is 16.1. The maximum absolute atomic E-state index is 12.7. The lowest BCUT2D eigenvalue weighted by Crippen LogP contribution is -2.22. The number of hydrogen-bond acceptors (Lipinski definition) is 3. The van der Waals surface area contributed by atoms with Gasteiger partial charge in [0.05, 0.1) is 11.3 Å². The van der Waals surface area contributed by atoms with Gasteiger partial charge in [-0.15, -0.1) is 0 Å². The van der Waals surface area contributed by atoms with Gasteiger partial charge in [-0.3, -0.25) is 9.48 Å². The molecule has 6 nitrogen and oxygen atoms in total. The lowest BCUT2D eigenvalue weighted by molar-refractivity contribution is 0.0997. The zero-order chi connectivity index (χ0) is 18.8. The van der Waals surface area contributed by atoms with Gasteiger partial charge in [-0.05, 0) is 30.7 Å². The molecule has 0 spiro atoms. The lowest BCUT2D eigenvalue weighted by Gasteiger charge is -2.07. The Labute approximate surface area is 156 Å². The number of aryl methyl sites for hydroxylation is 2. The Balaban J connectivity index is 1.71.